The van der Waals surface area contributed by atoms with E-state index in [4.69, 9.17) is 5.11 Å². The van der Waals surface area contributed by atoms with Crippen LogP contribution < -0.4 is 0 Å². The van der Waals surface area contributed by atoms with Gasteiger partial charge in [-0.15, -0.1) is 0 Å². The molecule has 2 atom stereocenters. The molecule has 0 spiro atoms. The van der Waals surface area contributed by atoms with E-state index >= 15 is 0 Å². The molecule has 0 aromatic rings. The van der Waals surface area contributed by atoms with Crippen LogP contribution in [0.4, 0.5) is 0 Å². The van der Waals surface area contributed by atoms with E-state index in [9.17, 15) is 9.59 Å². The Balaban J connectivity index is 2.69. The van der Waals surface area contributed by atoms with Gasteiger partial charge in [-0.3, -0.25) is 9.59 Å². The number of carboxylic acids is 1. The van der Waals surface area contributed by atoms with Crippen molar-refractivity contribution in [1.82, 2.24) is 4.90 Å². The molecule has 1 aliphatic heterocycles. The van der Waals surface area contributed by atoms with Gasteiger partial charge in [0.1, 0.15) is 0 Å². The first-order chi connectivity index (χ1) is 7.11. The summed E-state index contributed by atoms with van der Waals surface area (Å²) in [5.41, 5.74) is 0. The van der Waals surface area contributed by atoms with Crippen LogP contribution in [0.1, 0.15) is 39.5 Å². The molecular formula is C11H19NO3. The van der Waals surface area contributed by atoms with Crippen LogP contribution in [0.25, 0.3) is 0 Å². The zero-order valence-electron chi connectivity index (χ0n) is 9.40. The van der Waals surface area contributed by atoms with Crippen molar-refractivity contribution in [2.75, 3.05) is 6.54 Å². The molecule has 0 unspecified atom stereocenters. The monoisotopic (exact) mass is 213 g/mol. The second-order valence-corrected chi connectivity index (χ2v) is 4.07. The molecule has 1 N–H and O–H groups in total. The van der Waals surface area contributed by atoms with E-state index in [1.807, 2.05) is 6.92 Å². The van der Waals surface area contributed by atoms with Crippen molar-refractivity contribution in [3.63, 3.8) is 0 Å². The van der Waals surface area contributed by atoms with Crippen LogP contribution in [0.3, 0.4) is 0 Å². The second kappa shape index (κ2) is 5.14. The minimum atomic E-state index is -0.839. The van der Waals surface area contributed by atoms with Crippen molar-refractivity contribution < 1.29 is 14.7 Å². The third kappa shape index (κ3) is 2.49. The average molecular weight is 213 g/mol. The Labute approximate surface area is 90.3 Å². The molecule has 1 fully saturated rings. The van der Waals surface area contributed by atoms with Crippen LogP contribution in [0.2, 0.25) is 0 Å². The number of amides is 1. The van der Waals surface area contributed by atoms with Gasteiger partial charge in [-0.05, 0) is 12.8 Å². The highest BCUT2D eigenvalue weighted by atomic mass is 16.4. The van der Waals surface area contributed by atoms with E-state index in [2.05, 4.69) is 6.92 Å². The van der Waals surface area contributed by atoms with Crippen LogP contribution in [-0.4, -0.2) is 34.5 Å². The first-order valence-electron chi connectivity index (χ1n) is 5.64. The Kier molecular flexibility index (Phi) is 4.12. The molecule has 86 valence electrons. The second-order valence-electron chi connectivity index (χ2n) is 4.07. The van der Waals surface area contributed by atoms with Crippen molar-refractivity contribution >= 4 is 11.9 Å². The number of carbonyl (C=O) groups excluding carboxylic acids is 1. The summed E-state index contributed by atoms with van der Waals surface area (Å²) in [6.07, 6.45) is 2.89. The molecule has 15 heavy (non-hydrogen) atoms. The molecular weight excluding hydrogens is 194 g/mol. The minimum Gasteiger partial charge on any atom is -0.481 e. The molecule has 1 aliphatic rings. The van der Waals surface area contributed by atoms with E-state index in [1.54, 1.807) is 4.90 Å². The molecule has 4 nitrogen and oxygen atoms in total. The van der Waals surface area contributed by atoms with Crippen LogP contribution in [0.5, 0.6) is 0 Å². The zero-order valence-corrected chi connectivity index (χ0v) is 9.40. The molecule has 0 aliphatic carbocycles. The van der Waals surface area contributed by atoms with Gasteiger partial charge in [-0.2, -0.15) is 0 Å². The van der Waals surface area contributed by atoms with Gasteiger partial charge in [0.05, 0.1) is 5.92 Å². The Morgan fingerprint density at radius 2 is 2.20 bits per heavy atom. The normalized spacial score (nSPS) is 26.0. The molecule has 0 radical (unpaired) electrons. The van der Waals surface area contributed by atoms with Crippen LogP contribution >= 0.6 is 0 Å². The summed E-state index contributed by atoms with van der Waals surface area (Å²) in [4.78, 5) is 24.3. The smallest absolute Gasteiger partial charge is 0.309 e. The largest absolute Gasteiger partial charge is 0.481 e. The van der Waals surface area contributed by atoms with Crippen molar-refractivity contribution in [1.29, 1.82) is 0 Å². The highest BCUT2D eigenvalue weighted by molar-refractivity contribution is 5.86. The molecule has 0 saturated carbocycles. The summed E-state index contributed by atoms with van der Waals surface area (Å²) >= 11 is 0. The number of aliphatic carboxylic acids is 1. The Morgan fingerprint density at radius 1 is 1.53 bits per heavy atom. The number of hydrogen-bond donors (Lipinski definition) is 1. The topological polar surface area (TPSA) is 57.6 Å². The fourth-order valence-corrected chi connectivity index (χ4v) is 2.22. The van der Waals surface area contributed by atoms with Gasteiger partial charge < -0.3 is 10.0 Å². The van der Waals surface area contributed by atoms with E-state index in [0.29, 0.717) is 6.54 Å². The standard InChI is InChI=1S/C11H19NO3/c1-3-5-6-12-9(4-2)8(11(14)15)7-10(12)13/h8-9H,3-7H2,1-2H3,(H,14,15)/t8-,9-/m0/s1. The van der Waals surface area contributed by atoms with Crippen molar-refractivity contribution in [3.8, 4) is 0 Å². The van der Waals surface area contributed by atoms with E-state index in [0.717, 1.165) is 19.3 Å². The lowest BCUT2D eigenvalue weighted by atomic mass is 9.98. The molecule has 1 heterocycles. The molecule has 1 rings (SSSR count). The van der Waals surface area contributed by atoms with E-state index in [-0.39, 0.29) is 18.4 Å². The predicted octanol–water partition coefficient (Wildman–Crippen LogP) is 1.50. The number of likely N-dealkylation sites (tertiary alicyclic amines) is 1. The van der Waals surface area contributed by atoms with Gasteiger partial charge in [0, 0.05) is 19.0 Å². The lowest BCUT2D eigenvalue weighted by Crippen LogP contribution is -2.37. The van der Waals surface area contributed by atoms with Gasteiger partial charge in [-0.25, -0.2) is 0 Å². The van der Waals surface area contributed by atoms with Gasteiger partial charge in [0.2, 0.25) is 5.91 Å². The third-order valence-electron chi connectivity index (χ3n) is 3.07. The molecule has 4 heteroatoms. The summed E-state index contributed by atoms with van der Waals surface area (Å²) in [6, 6.07) is -0.0958. The zero-order chi connectivity index (χ0) is 11.4. The Morgan fingerprint density at radius 3 is 2.67 bits per heavy atom. The van der Waals surface area contributed by atoms with Gasteiger partial charge in [0.15, 0.2) is 0 Å². The lowest BCUT2D eigenvalue weighted by Gasteiger charge is -2.25. The molecule has 0 aromatic carbocycles. The van der Waals surface area contributed by atoms with Crippen molar-refractivity contribution in [2.24, 2.45) is 5.92 Å². The predicted molar refractivity (Wildman–Crippen MR) is 56.4 cm³/mol. The average Bonchev–Trinajstić information content (AvgIpc) is 2.52. The summed E-state index contributed by atoms with van der Waals surface area (Å²) in [7, 11) is 0. The Hall–Kier alpha value is -1.06. The fraction of sp³-hybridized carbons (Fsp3) is 0.818. The minimum absolute atomic E-state index is 0.00250. The molecule has 1 amide bonds. The molecule has 1 saturated heterocycles. The number of rotatable bonds is 5. The van der Waals surface area contributed by atoms with Crippen LogP contribution in [0.15, 0.2) is 0 Å². The highest BCUT2D eigenvalue weighted by Gasteiger charge is 2.42. The summed E-state index contributed by atoms with van der Waals surface area (Å²) in [6.45, 7) is 4.71. The third-order valence-corrected chi connectivity index (χ3v) is 3.07. The summed E-state index contributed by atoms with van der Waals surface area (Å²) < 4.78 is 0. The van der Waals surface area contributed by atoms with Crippen LogP contribution in [-0.2, 0) is 9.59 Å². The van der Waals surface area contributed by atoms with Gasteiger partial charge in [0.25, 0.3) is 0 Å². The van der Waals surface area contributed by atoms with Crippen molar-refractivity contribution in [2.45, 2.75) is 45.6 Å². The van der Waals surface area contributed by atoms with Crippen molar-refractivity contribution in [3.05, 3.63) is 0 Å². The maximum atomic E-state index is 11.6. The van der Waals surface area contributed by atoms with E-state index < -0.39 is 11.9 Å². The maximum absolute atomic E-state index is 11.6. The quantitative estimate of drug-likeness (QED) is 0.753. The summed E-state index contributed by atoms with van der Waals surface area (Å²) in [5.74, 6) is -1.34. The number of unbranched alkanes of at least 4 members (excludes halogenated alkanes) is 1. The molecule has 0 aromatic heterocycles. The van der Waals surface area contributed by atoms with Gasteiger partial charge >= 0.3 is 5.97 Å². The number of carbonyl (C=O) groups is 2. The van der Waals surface area contributed by atoms with E-state index in [1.165, 1.54) is 0 Å². The lowest BCUT2D eigenvalue weighted by molar-refractivity contribution is -0.142. The first kappa shape index (κ1) is 12.0. The Bertz CT molecular complexity index is 252. The SMILES string of the molecule is CCCCN1C(=O)C[C@H](C(=O)O)[C@@H]1CC. The number of carboxylic acid groups (broad SMARTS) is 1. The molecule has 0 bridgehead atoms. The number of hydrogen-bond acceptors (Lipinski definition) is 2. The maximum Gasteiger partial charge on any atom is 0.309 e. The summed E-state index contributed by atoms with van der Waals surface area (Å²) in [5, 5.41) is 9.00. The van der Waals surface area contributed by atoms with Gasteiger partial charge in [-0.1, -0.05) is 20.3 Å². The number of nitrogens with zero attached hydrogens (tertiary/aromatic N) is 1. The first-order valence-corrected chi connectivity index (χ1v) is 5.64. The fourth-order valence-electron chi connectivity index (χ4n) is 2.22. The van der Waals surface area contributed by atoms with Crippen LogP contribution in [0, 0.1) is 5.92 Å². The highest BCUT2D eigenvalue weighted by Crippen LogP contribution is 2.28.